The molecule has 5 heteroatoms. The summed E-state index contributed by atoms with van der Waals surface area (Å²) in [5, 5.41) is 0. The highest BCUT2D eigenvalue weighted by Gasteiger charge is 2.29. The highest BCUT2D eigenvalue weighted by atomic mass is 16.5. The first-order valence-electron chi connectivity index (χ1n) is 9.92. The fourth-order valence-corrected chi connectivity index (χ4v) is 3.83. The summed E-state index contributed by atoms with van der Waals surface area (Å²) < 4.78 is 10.4. The van der Waals surface area contributed by atoms with Crippen LogP contribution < -0.4 is 9.64 Å². The summed E-state index contributed by atoms with van der Waals surface area (Å²) in [5.41, 5.74) is 2.28. The number of anilines is 1. The number of methoxy groups -OCH3 is 2. The Labute approximate surface area is 167 Å². The molecule has 150 valence electrons. The minimum Gasteiger partial charge on any atom is -0.497 e. The van der Waals surface area contributed by atoms with Gasteiger partial charge in [0.25, 0.3) is 5.91 Å². The van der Waals surface area contributed by atoms with Gasteiger partial charge in [-0.15, -0.1) is 0 Å². The lowest BCUT2D eigenvalue weighted by Crippen LogP contribution is -2.49. The minimum absolute atomic E-state index is 0.00963. The van der Waals surface area contributed by atoms with Crippen LogP contribution in [0.1, 0.15) is 18.4 Å². The highest BCUT2D eigenvalue weighted by Crippen LogP contribution is 2.26. The molecular formula is C23H30N2O3. The fourth-order valence-electron chi connectivity index (χ4n) is 3.83. The second-order valence-corrected chi connectivity index (χ2v) is 7.20. The number of carbonyl (C=O) groups excluding carboxylic acids is 1. The number of amides is 1. The van der Waals surface area contributed by atoms with Gasteiger partial charge in [0.2, 0.25) is 0 Å². The van der Waals surface area contributed by atoms with Crippen LogP contribution in [0.25, 0.3) is 0 Å². The van der Waals surface area contributed by atoms with Gasteiger partial charge in [-0.2, -0.15) is 0 Å². The van der Waals surface area contributed by atoms with Gasteiger partial charge in [0, 0.05) is 38.5 Å². The Morgan fingerprint density at radius 2 is 1.71 bits per heavy atom. The smallest absolute Gasteiger partial charge is 0.253 e. The van der Waals surface area contributed by atoms with Crippen LogP contribution in [0.4, 0.5) is 5.69 Å². The Morgan fingerprint density at radius 3 is 2.32 bits per heavy atom. The van der Waals surface area contributed by atoms with Gasteiger partial charge >= 0.3 is 0 Å². The zero-order chi connectivity index (χ0) is 19.8. The molecule has 1 saturated heterocycles. The van der Waals surface area contributed by atoms with Crippen LogP contribution in [0.2, 0.25) is 0 Å². The van der Waals surface area contributed by atoms with Gasteiger partial charge in [0.05, 0.1) is 7.11 Å². The zero-order valence-corrected chi connectivity index (χ0v) is 16.8. The first-order chi connectivity index (χ1) is 13.7. The second-order valence-electron chi connectivity index (χ2n) is 7.20. The van der Waals surface area contributed by atoms with Crippen LogP contribution in [0.15, 0.2) is 54.6 Å². The molecule has 5 nitrogen and oxygen atoms in total. The molecule has 0 aliphatic carbocycles. The molecule has 3 rings (SSSR count). The quantitative estimate of drug-likeness (QED) is 0.702. The maximum absolute atomic E-state index is 12.7. The third-order valence-corrected chi connectivity index (χ3v) is 5.37. The van der Waals surface area contributed by atoms with E-state index in [0.29, 0.717) is 0 Å². The van der Waals surface area contributed by atoms with Crippen LogP contribution >= 0.6 is 0 Å². The number of benzene rings is 2. The molecule has 0 unspecified atom stereocenters. The first-order valence-corrected chi connectivity index (χ1v) is 9.92. The van der Waals surface area contributed by atoms with Gasteiger partial charge in [-0.3, -0.25) is 4.79 Å². The monoisotopic (exact) mass is 382 g/mol. The third-order valence-electron chi connectivity index (χ3n) is 5.37. The normalized spacial score (nSPS) is 15.4. The van der Waals surface area contributed by atoms with Gasteiger partial charge in [0.1, 0.15) is 12.4 Å². The van der Waals surface area contributed by atoms with Crippen molar-refractivity contribution in [1.29, 1.82) is 0 Å². The molecule has 0 N–H and O–H groups in total. The van der Waals surface area contributed by atoms with E-state index in [1.165, 1.54) is 5.56 Å². The van der Waals surface area contributed by atoms with Crippen molar-refractivity contribution in [2.24, 2.45) is 0 Å². The number of hydrogen-bond acceptors (Lipinski definition) is 4. The number of piperidine rings is 1. The Hall–Kier alpha value is -2.37. The lowest BCUT2D eigenvalue weighted by molar-refractivity contribution is -0.122. The number of rotatable bonds is 8. The van der Waals surface area contributed by atoms with Crippen LogP contribution in [0, 0.1) is 0 Å². The summed E-state index contributed by atoms with van der Waals surface area (Å²) in [5.74, 6) is 0.800. The van der Waals surface area contributed by atoms with E-state index in [9.17, 15) is 4.79 Å². The largest absolute Gasteiger partial charge is 0.497 e. The molecule has 0 aromatic heterocycles. The summed E-state index contributed by atoms with van der Waals surface area (Å²) in [6.07, 6.45) is 3.00. The van der Waals surface area contributed by atoms with Crippen molar-refractivity contribution in [3.63, 3.8) is 0 Å². The molecule has 1 heterocycles. The van der Waals surface area contributed by atoms with E-state index >= 15 is 0 Å². The lowest BCUT2D eigenvalue weighted by Gasteiger charge is -2.38. The maximum Gasteiger partial charge on any atom is 0.253 e. The van der Waals surface area contributed by atoms with E-state index in [0.717, 1.165) is 50.3 Å². The molecule has 1 aliphatic heterocycles. The second kappa shape index (κ2) is 10.2. The van der Waals surface area contributed by atoms with E-state index in [-0.39, 0.29) is 18.6 Å². The summed E-state index contributed by atoms with van der Waals surface area (Å²) in [6, 6.07) is 18.5. The lowest BCUT2D eigenvalue weighted by atomic mass is 10.0. The topological polar surface area (TPSA) is 42.0 Å². The third kappa shape index (κ3) is 5.33. The van der Waals surface area contributed by atoms with Gasteiger partial charge in [-0.25, -0.2) is 0 Å². The molecule has 0 atom stereocenters. The van der Waals surface area contributed by atoms with Crippen molar-refractivity contribution in [1.82, 2.24) is 4.90 Å². The van der Waals surface area contributed by atoms with E-state index < -0.39 is 0 Å². The Balaban J connectivity index is 1.61. The van der Waals surface area contributed by atoms with Crippen molar-refractivity contribution >= 4 is 11.6 Å². The Kier molecular flexibility index (Phi) is 7.46. The predicted octanol–water partition coefficient (Wildman–Crippen LogP) is 3.38. The molecule has 1 fully saturated rings. The Bertz CT molecular complexity index is 725. The number of carbonyl (C=O) groups is 1. The zero-order valence-electron chi connectivity index (χ0n) is 16.8. The number of likely N-dealkylation sites (tertiary alicyclic amines) is 1. The number of hydrogen-bond donors (Lipinski definition) is 0. The summed E-state index contributed by atoms with van der Waals surface area (Å²) in [7, 11) is 3.21. The first kappa shape index (κ1) is 20.4. The molecule has 1 amide bonds. The molecule has 1 aliphatic rings. The average Bonchev–Trinajstić information content (AvgIpc) is 2.75. The molecule has 0 radical (unpaired) electrons. The molecule has 0 saturated carbocycles. The van der Waals surface area contributed by atoms with Crippen molar-refractivity contribution in [3.05, 3.63) is 60.2 Å². The summed E-state index contributed by atoms with van der Waals surface area (Å²) >= 11 is 0. The molecule has 0 bridgehead atoms. The Morgan fingerprint density at radius 1 is 1.04 bits per heavy atom. The van der Waals surface area contributed by atoms with Crippen LogP contribution in [0.5, 0.6) is 5.75 Å². The molecule has 28 heavy (non-hydrogen) atoms. The van der Waals surface area contributed by atoms with Crippen molar-refractivity contribution in [3.8, 4) is 5.75 Å². The van der Waals surface area contributed by atoms with Gasteiger partial charge in [-0.1, -0.05) is 30.3 Å². The van der Waals surface area contributed by atoms with Crippen molar-refractivity contribution in [2.75, 3.05) is 45.4 Å². The molecule has 2 aromatic carbocycles. The fraction of sp³-hybridized carbons (Fsp3) is 0.435. The highest BCUT2D eigenvalue weighted by molar-refractivity contribution is 5.95. The van der Waals surface area contributed by atoms with Gasteiger partial charge < -0.3 is 19.3 Å². The van der Waals surface area contributed by atoms with E-state index in [2.05, 4.69) is 35.2 Å². The van der Waals surface area contributed by atoms with Crippen molar-refractivity contribution < 1.29 is 14.3 Å². The van der Waals surface area contributed by atoms with Crippen molar-refractivity contribution in [2.45, 2.75) is 25.3 Å². The predicted molar refractivity (Wildman–Crippen MR) is 112 cm³/mol. The maximum atomic E-state index is 12.7. The molecule has 2 aromatic rings. The average molecular weight is 383 g/mol. The number of ether oxygens (including phenoxy) is 2. The summed E-state index contributed by atoms with van der Waals surface area (Å²) in [4.78, 5) is 17.2. The summed E-state index contributed by atoms with van der Waals surface area (Å²) in [6.45, 7) is 3.17. The standard InChI is InChI=1S/C23H30N2O3/c1-27-18-23(26)25(20-8-10-22(28-2)11-9-20)21-13-16-24(17-14-21)15-12-19-6-4-3-5-7-19/h3-11,21H,12-18H2,1-2H3. The van der Waals surface area contributed by atoms with E-state index in [1.54, 1.807) is 14.2 Å². The van der Waals surface area contributed by atoms with Crippen LogP contribution in [-0.2, 0) is 16.0 Å². The van der Waals surface area contributed by atoms with E-state index in [4.69, 9.17) is 9.47 Å². The molecular weight excluding hydrogens is 352 g/mol. The SMILES string of the molecule is COCC(=O)N(c1ccc(OC)cc1)C1CCN(CCc2ccccc2)CC1. The van der Waals surface area contributed by atoms with Gasteiger partial charge in [0.15, 0.2) is 0 Å². The van der Waals surface area contributed by atoms with Gasteiger partial charge in [-0.05, 0) is 49.1 Å². The molecule has 0 spiro atoms. The van der Waals surface area contributed by atoms with Crippen LogP contribution in [-0.4, -0.2) is 57.3 Å². The number of nitrogens with zero attached hydrogens (tertiary/aromatic N) is 2. The minimum atomic E-state index is 0.00963. The van der Waals surface area contributed by atoms with Crippen LogP contribution in [0.3, 0.4) is 0 Å². The van der Waals surface area contributed by atoms with E-state index in [1.807, 2.05) is 29.2 Å².